The molecule has 1 atom stereocenters. The minimum absolute atomic E-state index is 0.0323. The van der Waals surface area contributed by atoms with Gasteiger partial charge in [0.25, 0.3) is 5.91 Å². The van der Waals surface area contributed by atoms with Gasteiger partial charge in [-0.1, -0.05) is 26.8 Å². The Balaban J connectivity index is 2.98. The van der Waals surface area contributed by atoms with Crippen LogP contribution in [0.3, 0.4) is 0 Å². The molecule has 0 aromatic heterocycles. The Morgan fingerprint density at radius 2 is 2.05 bits per heavy atom. The fraction of sp³-hybridized carbons (Fsp3) is 0.375. The van der Waals surface area contributed by atoms with E-state index < -0.39 is 17.7 Å². The average Bonchev–Trinajstić information content (AvgIpc) is 2.43. The van der Waals surface area contributed by atoms with E-state index in [1.54, 1.807) is 0 Å². The molecular weight excluding hydrogens is 273 g/mol. The summed E-state index contributed by atoms with van der Waals surface area (Å²) in [5, 5.41) is 11.4. The van der Waals surface area contributed by atoms with Crippen molar-refractivity contribution in [3.8, 4) is 0 Å². The van der Waals surface area contributed by atoms with Gasteiger partial charge in [-0.05, 0) is 36.1 Å². The Kier molecular flexibility index (Phi) is 6.09. The fourth-order valence-electron chi connectivity index (χ4n) is 1.97. The molecule has 1 aromatic carbocycles. The van der Waals surface area contributed by atoms with Crippen molar-refractivity contribution in [2.45, 2.75) is 33.2 Å². The predicted octanol–water partition coefficient (Wildman–Crippen LogP) is 3.09. The Morgan fingerprint density at radius 1 is 1.38 bits per heavy atom. The first-order valence-corrected chi connectivity index (χ1v) is 6.86. The topological polar surface area (TPSA) is 66.4 Å². The average molecular weight is 293 g/mol. The Bertz CT molecular complexity index is 552. The summed E-state index contributed by atoms with van der Waals surface area (Å²) >= 11 is 0. The largest absolute Gasteiger partial charge is 0.478 e. The van der Waals surface area contributed by atoms with Crippen LogP contribution in [0, 0.1) is 11.7 Å². The highest BCUT2D eigenvalue weighted by atomic mass is 19.1. The van der Waals surface area contributed by atoms with Crippen LogP contribution in [0.1, 0.15) is 43.1 Å². The maximum absolute atomic E-state index is 13.8. The molecule has 1 aromatic rings. The van der Waals surface area contributed by atoms with Gasteiger partial charge in [0, 0.05) is 12.1 Å². The molecule has 21 heavy (non-hydrogen) atoms. The number of nitrogens with one attached hydrogen (secondary N) is 1. The fourth-order valence-corrected chi connectivity index (χ4v) is 1.97. The van der Waals surface area contributed by atoms with Gasteiger partial charge in [0.2, 0.25) is 0 Å². The van der Waals surface area contributed by atoms with Gasteiger partial charge in [0.15, 0.2) is 0 Å². The zero-order valence-electron chi connectivity index (χ0n) is 12.4. The number of hydrogen-bond acceptors (Lipinski definition) is 2. The standard InChI is InChI=1S/C16H20FNO3/c1-4-14(10(2)3)18-16(21)12-9-11(5-7-13(12)17)6-8-15(19)20/h5-10,14H,4H2,1-3H3,(H,18,21)(H,19,20). The number of aliphatic carboxylic acids is 1. The molecule has 0 heterocycles. The smallest absolute Gasteiger partial charge is 0.328 e. The first-order valence-electron chi connectivity index (χ1n) is 6.86. The number of carbonyl (C=O) groups is 2. The number of rotatable bonds is 6. The van der Waals surface area contributed by atoms with E-state index in [0.717, 1.165) is 18.6 Å². The van der Waals surface area contributed by atoms with E-state index in [0.29, 0.717) is 5.56 Å². The van der Waals surface area contributed by atoms with E-state index in [9.17, 15) is 14.0 Å². The summed E-state index contributed by atoms with van der Waals surface area (Å²) in [6.07, 6.45) is 3.01. The van der Waals surface area contributed by atoms with E-state index in [4.69, 9.17) is 5.11 Å². The molecule has 5 heteroatoms. The monoisotopic (exact) mass is 293 g/mol. The van der Waals surface area contributed by atoms with Gasteiger partial charge < -0.3 is 10.4 Å². The van der Waals surface area contributed by atoms with Crippen LogP contribution in [0.4, 0.5) is 4.39 Å². The molecule has 0 radical (unpaired) electrons. The van der Waals surface area contributed by atoms with Gasteiger partial charge in [0.05, 0.1) is 5.56 Å². The summed E-state index contributed by atoms with van der Waals surface area (Å²) in [5.74, 6) is -1.97. The molecule has 0 aliphatic heterocycles. The van der Waals surface area contributed by atoms with E-state index in [1.807, 2.05) is 20.8 Å². The predicted molar refractivity (Wildman–Crippen MR) is 79.5 cm³/mol. The molecule has 114 valence electrons. The summed E-state index contributed by atoms with van der Waals surface area (Å²) in [6, 6.07) is 3.89. The van der Waals surface area contributed by atoms with Crippen LogP contribution in [-0.2, 0) is 4.79 Å². The molecule has 0 fully saturated rings. The molecule has 0 aliphatic rings. The van der Waals surface area contributed by atoms with Crippen LogP contribution in [0.25, 0.3) is 6.08 Å². The minimum atomic E-state index is -1.10. The van der Waals surface area contributed by atoms with Crippen molar-refractivity contribution in [3.05, 3.63) is 41.2 Å². The molecule has 2 N–H and O–H groups in total. The summed E-state index contributed by atoms with van der Waals surface area (Å²) in [6.45, 7) is 5.92. The molecular formula is C16H20FNO3. The van der Waals surface area contributed by atoms with Gasteiger partial charge in [-0.15, -0.1) is 0 Å². The van der Waals surface area contributed by atoms with Gasteiger partial charge >= 0.3 is 5.97 Å². The first kappa shape index (κ1) is 16.9. The van der Waals surface area contributed by atoms with Crippen molar-refractivity contribution in [1.29, 1.82) is 0 Å². The van der Waals surface area contributed by atoms with E-state index in [1.165, 1.54) is 18.2 Å². The molecule has 0 aliphatic carbocycles. The van der Waals surface area contributed by atoms with Crippen molar-refractivity contribution in [2.24, 2.45) is 5.92 Å². The van der Waals surface area contributed by atoms with Gasteiger partial charge in [-0.25, -0.2) is 9.18 Å². The number of benzene rings is 1. The van der Waals surface area contributed by atoms with Crippen LogP contribution in [0.15, 0.2) is 24.3 Å². The van der Waals surface area contributed by atoms with Gasteiger partial charge in [-0.2, -0.15) is 0 Å². The number of halogens is 1. The Hall–Kier alpha value is -2.17. The number of carboxylic acids is 1. The highest BCUT2D eigenvalue weighted by Crippen LogP contribution is 2.14. The van der Waals surface area contributed by atoms with Crippen molar-refractivity contribution in [3.63, 3.8) is 0 Å². The lowest BCUT2D eigenvalue weighted by molar-refractivity contribution is -0.131. The maximum atomic E-state index is 13.8. The highest BCUT2D eigenvalue weighted by Gasteiger charge is 2.18. The van der Waals surface area contributed by atoms with Crippen LogP contribution in [0.5, 0.6) is 0 Å². The summed E-state index contributed by atoms with van der Waals surface area (Å²) in [4.78, 5) is 22.6. The Morgan fingerprint density at radius 3 is 2.57 bits per heavy atom. The lowest BCUT2D eigenvalue weighted by Gasteiger charge is -2.20. The first-order chi connectivity index (χ1) is 9.85. The van der Waals surface area contributed by atoms with Crippen molar-refractivity contribution < 1.29 is 19.1 Å². The van der Waals surface area contributed by atoms with Crippen LogP contribution in [-0.4, -0.2) is 23.0 Å². The highest BCUT2D eigenvalue weighted by molar-refractivity contribution is 5.95. The quantitative estimate of drug-likeness (QED) is 0.792. The second kappa shape index (κ2) is 7.57. The number of carbonyl (C=O) groups excluding carboxylic acids is 1. The van der Waals surface area contributed by atoms with E-state index in [2.05, 4.69) is 5.32 Å². The van der Waals surface area contributed by atoms with E-state index >= 15 is 0 Å². The summed E-state index contributed by atoms with van der Waals surface area (Å²) in [7, 11) is 0. The zero-order chi connectivity index (χ0) is 16.0. The van der Waals surface area contributed by atoms with Crippen LogP contribution >= 0.6 is 0 Å². The second-order valence-corrected chi connectivity index (χ2v) is 5.14. The number of hydrogen-bond donors (Lipinski definition) is 2. The van der Waals surface area contributed by atoms with Crippen LogP contribution in [0.2, 0.25) is 0 Å². The molecule has 1 unspecified atom stereocenters. The van der Waals surface area contributed by atoms with E-state index in [-0.39, 0.29) is 17.5 Å². The SMILES string of the molecule is CCC(NC(=O)c1cc(C=CC(=O)O)ccc1F)C(C)C. The minimum Gasteiger partial charge on any atom is -0.478 e. The third kappa shape index (κ3) is 5.02. The molecule has 0 saturated heterocycles. The summed E-state index contributed by atoms with van der Waals surface area (Å²) in [5.41, 5.74) is 0.378. The number of amides is 1. The van der Waals surface area contributed by atoms with Crippen molar-refractivity contribution >= 4 is 18.0 Å². The van der Waals surface area contributed by atoms with Gasteiger partial charge in [0.1, 0.15) is 5.82 Å². The lowest BCUT2D eigenvalue weighted by Crippen LogP contribution is -2.38. The molecule has 0 bridgehead atoms. The van der Waals surface area contributed by atoms with Crippen LogP contribution < -0.4 is 5.32 Å². The maximum Gasteiger partial charge on any atom is 0.328 e. The summed E-state index contributed by atoms with van der Waals surface area (Å²) < 4.78 is 13.8. The third-order valence-corrected chi connectivity index (χ3v) is 3.21. The van der Waals surface area contributed by atoms with Crippen molar-refractivity contribution in [1.82, 2.24) is 5.32 Å². The lowest BCUT2D eigenvalue weighted by atomic mass is 10.0. The zero-order valence-corrected chi connectivity index (χ0v) is 12.4. The van der Waals surface area contributed by atoms with Crippen molar-refractivity contribution in [2.75, 3.05) is 0 Å². The normalized spacial score (nSPS) is 12.6. The Labute approximate surface area is 123 Å². The molecule has 1 rings (SSSR count). The molecule has 1 amide bonds. The molecule has 0 saturated carbocycles. The van der Waals surface area contributed by atoms with Gasteiger partial charge in [-0.3, -0.25) is 4.79 Å². The second-order valence-electron chi connectivity index (χ2n) is 5.14. The molecule has 0 spiro atoms. The number of carboxylic acid groups (broad SMARTS) is 1. The molecule has 4 nitrogen and oxygen atoms in total. The third-order valence-electron chi connectivity index (χ3n) is 3.21.